The normalized spacial score (nSPS) is 29.7. The fourth-order valence-electron chi connectivity index (χ4n) is 3.84. The number of hydrogen-bond acceptors (Lipinski definition) is 6. The van der Waals surface area contributed by atoms with Gasteiger partial charge in [-0.2, -0.15) is 0 Å². The Kier molecular flexibility index (Phi) is 6.29. The van der Waals surface area contributed by atoms with Gasteiger partial charge in [-0.05, 0) is 19.3 Å². The van der Waals surface area contributed by atoms with E-state index < -0.39 is 0 Å². The third-order valence-corrected chi connectivity index (χ3v) is 6.15. The number of thiazole rings is 1. The predicted molar refractivity (Wildman–Crippen MR) is 95.4 cm³/mol. The summed E-state index contributed by atoms with van der Waals surface area (Å²) in [5.74, 6) is 0. The van der Waals surface area contributed by atoms with E-state index >= 15 is 0 Å². The highest BCUT2D eigenvalue weighted by Crippen LogP contribution is 2.32. The van der Waals surface area contributed by atoms with Crippen molar-refractivity contribution in [1.82, 2.24) is 20.1 Å². The topological polar surface area (TPSA) is 40.6 Å². The second kappa shape index (κ2) is 8.23. The summed E-state index contributed by atoms with van der Waals surface area (Å²) >= 11 is 1.85. The average Bonchev–Trinajstić information content (AvgIpc) is 3.30. The Morgan fingerprint density at radius 3 is 2.91 bits per heavy atom. The predicted octanol–water partition coefficient (Wildman–Crippen LogP) is 1.90. The number of ether oxygens (including phenoxy) is 1. The maximum Gasteiger partial charge on any atom is 0.122 e. The Morgan fingerprint density at radius 1 is 1.26 bits per heavy atom. The monoisotopic (exact) mass is 358 g/mol. The number of nitrogens with zero attached hydrogens (tertiary/aromatic N) is 3. The first-order chi connectivity index (χ1) is 10.9. The third kappa shape index (κ3) is 4.24. The van der Waals surface area contributed by atoms with Crippen molar-refractivity contribution in [2.24, 2.45) is 0 Å². The van der Waals surface area contributed by atoms with Crippen LogP contribution in [0, 0.1) is 0 Å². The molecule has 1 N–H and O–H groups in total. The highest BCUT2D eigenvalue weighted by molar-refractivity contribution is 7.11. The first kappa shape index (κ1) is 17.6. The van der Waals surface area contributed by atoms with Gasteiger partial charge in [0.1, 0.15) is 11.1 Å². The smallest absolute Gasteiger partial charge is 0.122 e. The van der Waals surface area contributed by atoms with E-state index in [1.807, 2.05) is 11.3 Å². The molecule has 130 valence electrons. The Morgan fingerprint density at radius 2 is 2.13 bits per heavy atom. The van der Waals surface area contributed by atoms with Crippen LogP contribution in [-0.4, -0.2) is 66.7 Å². The van der Waals surface area contributed by atoms with Crippen LogP contribution in [0.25, 0.3) is 0 Å². The van der Waals surface area contributed by atoms with Crippen LogP contribution in [0.15, 0.2) is 6.20 Å². The highest BCUT2D eigenvalue weighted by atomic mass is 35.5. The molecular formula is C16H27ClN4OS. The molecule has 4 heterocycles. The zero-order chi connectivity index (χ0) is 14.8. The van der Waals surface area contributed by atoms with Crippen molar-refractivity contribution in [2.45, 2.75) is 38.0 Å². The van der Waals surface area contributed by atoms with E-state index in [0.717, 1.165) is 38.7 Å². The molecule has 0 bridgehead atoms. The van der Waals surface area contributed by atoms with Gasteiger partial charge in [-0.25, -0.2) is 4.98 Å². The van der Waals surface area contributed by atoms with Crippen LogP contribution in [-0.2, 0) is 11.3 Å². The molecule has 0 aromatic carbocycles. The average molecular weight is 359 g/mol. The maximum atomic E-state index is 5.74. The SMILES string of the molecule is Cl.c1nc(C2CCCO2)sc1CN1CCC(N2CCNCC2)C1. The lowest BCUT2D eigenvalue weighted by atomic mass is 10.2. The number of hydrogen-bond donors (Lipinski definition) is 1. The number of nitrogens with one attached hydrogen (secondary N) is 1. The summed E-state index contributed by atoms with van der Waals surface area (Å²) < 4.78 is 5.74. The fraction of sp³-hybridized carbons (Fsp3) is 0.812. The Labute approximate surface area is 148 Å². The summed E-state index contributed by atoms with van der Waals surface area (Å²) in [7, 11) is 0. The van der Waals surface area contributed by atoms with Crippen LogP contribution in [0.3, 0.4) is 0 Å². The first-order valence-corrected chi connectivity index (χ1v) is 9.43. The number of piperazine rings is 1. The summed E-state index contributed by atoms with van der Waals surface area (Å²) in [6.07, 6.45) is 5.97. The molecule has 3 aliphatic rings. The minimum absolute atomic E-state index is 0. The molecule has 0 aliphatic carbocycles. The summed E-state index contributed by atoms with van der Waals surface area (Å²) in [4.78, 5) is 11.3. The van der Waals surface area contributed by atoms with Crippen LogP contribution < -0.4 is 5.32 Å². The number of halogens is 1. The van der Waals surface area contributed by atoms with Crippen LogP contribution >= 0.6 is 23.7 Å². The van der Waals surface area contributed by atoms with E-state index in [0.29, 0.717) is 0 Å². The molecule has 7 heteroatoms. The molecule has 5 nitrogen and oxygen atoms in total. The maximum absolute atomic E-state index is 5.74. The van der Waals surface area contributed by atoms with E-state index in [2.05, 4.69) is 26.3 Å². The molecule has 1 aromatic heterocycles. The number of rotatable bonds is 4. The van der Waals surface area contributed by atoms with Gasteiger partial charge in [0.2, 0.25) is 0 Å². The van der Waals surface area contributed by atoms with Crippen molar-refractivity contribution >= 4 is 23.7 Å². The van der Waals surface area contributed by atoms with E-state index in [9.17, 15) is 0 Å². The first-order valence-electron chi connectivity index (χ1n) is 8.62. The molecule has 3 aliphatic heterocycles. The lowest BCUT2D eigenvalue weighted by Crippen LogP contribution is -2.49. The lowest BCUT2D eigenvalue weighted by molar-refractivity contribution is 0.111. The minimum Gasteiger partial charge on any atom is -0.371 e. The van der Waals surface area contributed by atoms with Gasteiger partial charge in [-0.1, -0.05) is 0 Å². The van der Waals surface area contributed by atoms with Crippen LogP contribution in [0.2, 0.25) is 0 Å². The summed E-state index contributed by atoms with van der Waals surface area (Å²) in [6, 6.07) is 0.757. The van der Waals surface area contributed by atoms with Gasteiger partial charge < -0.3 is 10.1 Å². The summed E-state index contributed by atoms with van der Waals surface area (Å²) in [6.45, 7) is 9.12. The second-order valence-corrected chi connectivity index (χ2v) is 7.78. The van der Waals surface area contributed by atoms with E-state index in [4.69, 9.17) is 4.74 Å². The zero-order valence-electron chi connectivity index (χ0n) is 13.6. The van der Waals surface area contributed by atoms with E-state index in [-0.39, 0.29) is 18.5 Å². The van der Waals surface area contributed by atoms with Crippen molar-refractivity contribution < 1.29 is 4.74 Å². The van der Waals surface area contributed by atoms with E-state index in [1.165, 1.54) is 48.9 Å². The highest BCUT2D eigenvalue weighted by Gasteiger charge is 2.29. The van der Waals surface area contributed by atoms with Crippen molar-refractivity contribution in [3.8, 4) is 0 Å². The van der Waals surface area contributed by atoms with Crippen molar-refractivity contribution in [3.05, 3.63) is 16.1 Å². The molecule has 0 radical (unpaired) electrons. The third-order valence-electron chi connectivity index (χ3n) is 5.07. The molecule has 3 saturated heterocycles. The van der Waals surface area contributed by atoms with Gasteiger partial charge in [0, 0.05) is 69.5 Å². The molecular weight excluding hydrogens is 332 g/mol. The molecule has 1 aromatic rings. The largest absolute Gasteiger partial charge is 0.371 e. The fourth-order valence-corrected chi connectivity index (χ4v) is 4.88. The van der Waals surface area contributed by atoms with Crippen LogP contribution in [0.1, 0.15) is 35.3 Å². The summed E-state index contributed by atoms with van der Waals surface area (Å²) in [5, 5.41) is 4.63. The minimum atomic E-state index is 0. The molecule has 0 saturated carbocycles. The standard InChI is InChI=1S/C16H26N4OS.ClH/c1-2-15(21-9-1)16-18-10-14(22-16)12-19-6-3-13(11-19)20-7-4-17-5-8-20;/h10,13,15,17H,1-9,11-12H2;1H. The summed E-state index contributed by atoms with van der Waals surface area (Å²) in [5.41, 5.74) is 0. The van der Waals surface area contributed by atoms with Crippen LogP contribution in [0.4, 0.5) is 0 Å². The Hall–Kier alpha value is -0.240. The van der Waals surface area contributed by atoms with Crippen LogP contribution in [0.5, 0.6) is 0 Å². The van der Waals surface area contributed by atoms with Crippen molar-refractivity contribution in [2.75, 3.05) is 45.9 Å². The molecule has 4 rings (SSSR count). The lowest BCUT2D eigenvalue weighted by Gasteiger charge is -2.32. The van der Waals surface area contributed by atoms with Gasteiger partial charge >= 0.3 is 0 Å². The Bertz CT molecular complexity index is 488. The van der Waals surface area contributed by atoms with Gasteiger partial charge in [-0.15, -0.1) is 23.7 Å². The Balaban J connectivity index is 0.00000156. The molecule has 23 heavy (non-hydrogen) atoms. The molecule has 2 unspecified atom stereocenters. The van der Waals surface area contributed by atoms with Gasteiger partial charge in [0.15, 0.2) is 0 Å². The quantitative estimate of drug-likeness (QED) is 0.890. The molecule has 0 spiro atoms. The van der Waals surface area contributed by atoms with Gasteiger partial charge in [0.25, 0.3) is 0 Å². The van der Waals surface area contributed by atoms with Gasteiger partial charge in [-0.3, -0.25) is 9.80 Å². The molecule has 2 atom stereocenters. The molecule has 3 fully saturated rings. The number of aromatic nitrogens is 1. The van der Waals surface area contributed by atoms with Gasteiger partial charge in [0.05, 0.1) is 0 Å². The number of likely N-dealkylation sites (tertiary alicyclic amines) is 1. The van der Waals surface area contributed by atoms with Crippen molar-refractivity contribution in [1.29, 1.82) is 0 Å². The second-order valence-electron chi connectivity index (χ2n) is 6.63. The van der Waals surface area contributed by atoms with E-state index in [1.54, 1.807) is 0 Å². The zero-order valence-corrected chi connectivity index (χ0v) is 15.2. The molecule has 0 amide bonds. The van der Waals surface area contributed by atoms with Crippen molar-refractivity contribution in [3.63, 3.8) is 0 Å².